The number of H-pyrrole nitrogens is 1. The predicted molar refractivity (Wildman–Crippen MR) is 115 cm³/mol. The van der Waals surface area contributed by atoms with Gasteiger partial charge in [-0.25, -0.2) is 0 Å². The Hall–Kier alpha value is -1.27. The lowest BCUT2D eigenvalue weighted by molar-refractivity contribution is -0.123. The van der Waals surface area contributed by atoms with Crippen LogP contribution in [0.5, 0.6) is 0 Å². The Bertz CT molecular complexity index is 751. The van der Waals surface area contributed by atoms with Crippen molar-refractivity contribution in [3.05, 3.63) is 36.0 Å². The van der Waals surface area contributed by atoms with E-state index in [9.17, 15) is 4.79 Å². The number of aromatic amines is 1. The number of nitrogens with zero attached hydrogens (tertiary/aromatic N) is 1. The lowest BCUT2D eigenvalue weighted by Crippen LogP contribution is -2.57. The predicted octanol–water partition coefficient (Wildman–Crippen LogP) is 3.01. The maximum absolute atomic E-state index is 12.6. The van der Waals surface area contributed by atoms with Gasteiger partial charge >= 0.3 is 0 Å². The molecule has 2 unspecified atom stereocenters. The Morgan fingerprint density at radius 3 is 2.63 bits per heavy atom. The Morgan fingerprint density at radius 2 is 1.93 bits per heavy atom. The summed E-state index contributed by atoms with van der Waals surface area (Å²) in [5.41, 5.74) is 8.42. The summed E-state index contributed by atoms with van der Waals surface area (Å²) in [4.78, 5) is 18.4. The second-order valence-corrected chi connectivity index (χ2v) is 7.75. The Kier molecular flexibility index (Phi) is 7.57. The number of hydrogen-bond donors (Lipinski definition) is 3. The minimum absolute atomic E-state index is 0. The zero-order chi connectivity index (χ0) is 17.4. The summed E-state index contributed by atoms with van der Waals surface area (Å²) in [5, 5.41) is 4.38. The molecule has 2 bridgehead atoms. The first-order valence-corrected chi connectivity index (χ1v) is 9.44. The molecule has 150 valence electrons. The van der Waals surface area contributed by atoms with Crippen LogP contribution in [0.25, 0.3) is 10.9 Å². The number of carbonyl (C=O) groups excluding carboxylic acids is 1. The maximum atomic E-state index is 12.6. The summed E-state index contributed by atoms with van der Waals surface area (Å²) in [7, 11) is 2.23. The zero-order valence-electron chi connectivity index (χ0n) is 15.7. The first kappa shape index (κ1) is 22.0. The number of benzene rings is 1. The molecule has 2 aliphatic rings. The molecule has 0 saturated carbocycles. The third-order valence-electron chi connectivity index (χ3n) is 6.14. The van der Waals surface area contributed by atoms with Crippen LogP contribution in [-0.4, -0.2) is 47.0 Å². The normalized spacial score (nSPS) is 25.9. The molecule has 2 fully saturated rings. The van der Waals surface area contributed by atoms with Crippen molar-refractivity contribution < 1.29 is 4.79 Å². The number of amides is 1. The second-order valence-electron chi connectivity index (χ2n) is 7.75. The SMILES string of the molecule is CN1C2CCCC1CC(NC(=O)[C@@H](N)Cc1c[nH]c3ccccc13)C2.Cl.Cl. The number of hydrogen-bond acceptors (Lipinski definition) is 3. The van der Waals surface area contributed by atoms with Gasteiger partial charge in [0.1, 0.15) is 0 Å². The van der Waals surface area contributed by atoms with E-state index >= 15 is 0 Å². The molecule has 2 saturated heterocycles. The van der Waals surface area contributed by atoms with E-state index in [0.29, 0.717) is 18.5 Å². The van der Waals surface area contributed by atoms with Crippen molar-refractivity contribution in [2.75, 3.05) is 7.05 Å². The van der Waals surface area contributed by atoms with E-state index in [0.717, 1.165) is 29.3 Å². The highest BCUT2D eigenvalue weighted by Crippen LogP contribution is 2.32. The minimum atomic E-state index is -0.501. The summed E-state index contributed by atoms with van der Waals surface area (Å²) in [6.07, 6.45) is 8.46. The van der Waals surface area contributed by atoms with Gasteiger partial charge in [-0.15, -0.1) is 24.8 Å². The molecule has 2 aromatic rings. The van der Waals surface area contributed by atoms with Gasteiger partial charge in [-0.1, -0.05) is 24.6 Å². The van der Waals surface area contributed by atoms with Crippen molar-refractivity contribution in [2.24, 2.45) is 5.73 Å². The molecule has 4 rings (SSSR count). The topological polar surface area (TPSA) is 74.2 Å². The van der Waals surface area contributed by atoms with Gasteiger partial charge < -0.3 is 20.9 Å². The van der Waals surface area contributed by atoms with Crippen molar-refractivity contribution >= 4 is 41.6 Å². The van der Waals surface area contributed by atoms with E-state index in [-0.39, 0.29) is 36.8 Å². The van der Waals surface area contributed by atoms with Gasteiger partial charge in [0.05, 0.1) is 6.04 Å². The zero-order valence-corrected chi connectivity index (χ0v) is 17.3. The highest BCUT2D eigenvalue weighted by Gasteiger charge is 2.36. The fourth-order valence-electron chi connectivity index (χ4n) is 4.67. The number of carbonyl (C=O) groups is 1. The quantitative estimate of drug-likeness (QED) is 0.722. The number of piperidine rings is 2. The lowest BCUT2D eigenvalue weighted by atomic mass is 9.82. The molecule has 1 aromatic carbocycles. The summed E-state index contributed by atoms with van der Waals surface area (Å²) < 4.78 is 0. The summed E-state index contributed by atoms with van der Waals surface area (Å²) >= 11 is 0. The number of aromatic nitrogens is 1. The molecule has 7 heteroatoms. The van der Waals surface area contributed by atoms with Crippen LogP contribution in [0.3, 0.4) is 0 Å². The van der Waals surface area contributed by atoms with Gasteiger partial charge in [0.25, 0.3) is 0 Å². The minimum Gasteiger partial charge on any atom is -0.361 e. The third kappa shape index (κ3) is 4.60. The van der Waals surface area contributed by atoms with Gasteiger partial charge in [0.2, 0.25) is 5.91 Å². The largest absolute Gasteiger partial charge is 0.361 e. The Balaban J connectivity index is 0.00000131. The molecule has 2 aliphatic heterocycles. The first-order chi connectivity index (χ1) is 12.1. The number of fused-ring (bicyclic) bond motifs is 3. The summed E-state index contributed by atoms with van der Waals surface area (Å²) in [5.74, 6) is -0.0158. The summed E-state index contributed by atoms with van der Waals surface area (Å²) in [6, 6.07) is 9.14. The molecule has 27 heavy (non-hydrogen) atoms. The van der Waals surface area contributed by atoms with Crippen LogP contribution in [0, 0.1) is 0 Å². The molecule has 3 atom stereocenters. The van der Waals surface area contributed by atoms with Crippen LogP contribution in [-0.2, 0) is 11.2 Å². The van der Waals surface area contributed by atoms with E-state index in [1.54, 1.807) is 0 Å². The molecule has 5 nitrogen and oxygen atoms in total. The van der Waals surface area contributed by atoms with Gasteiger partial charge in [-0.3, -0.25) is 4.79 Å². The molecule has 1 aromatic heterocycles. The monoisotopic (exact) mass is 412 g/mol. The second kappa shape index (κ2) is 9.28. The molecule has 4 N–H and O–H groups in total. The fourth-order valence-corrected chi connectivity index (χ4v) is 4.67. The highest BCUT2D eigenvalue weighted by molar-refractivity contribution is 5.86. The van der Waals surface area contributed by atoms with E-state index < -0.39 is 6.04 Å². The summed E-state index contributed by atoms with van der Waals surface area (Å²) in [6.45, 7) is 0. The average molecular weight is 413 g/mol. The molecular weight excluding hydrogens is 383 g/mol. The van der Waals surface area contributed by atoms with Gasteiger partial charge in [-0.2, -0.15) is 0 Å². The Morgan fingerprint density at radius 1 is 1.26 bits per heavy atom. The van der Waals surface area contributed by atoms with Crippen LogP contribution in [0.2, 0.25) is 0 Å². The van der Waals surface area contributed by atoms with E-state index in [4.69, 9.17) is 5.73 Å². The van der Waals surface area contributed by atoms with Crippen LogP contribution < -0.4 is 11.1 Å². The number of rotatable bonds is 4. The maximum Gasteiger partial charge on any atom is 0.237 e. The van der Waals surface area contributed by atoms with Crippen LogP contribution in [0.4, 0.5) is 0 Å². The van der Waals surface area contributed by atoms with E-state index in [1.165, 1.54) is 19.3 Å². The third-order valence-corrected chi connectivity index (χ3v) is 6.14. The first-order valence-electron chi connectivity index (χ1n) is 9.44. The van der Waals surface area contributed by atoms with E-state index in [1.807, 2.05) is 24.4 Å². The molecule has 0 spiro atoms. The molecule has 0 aliphatic carbocycles. The Labute approximate surface area is 173 Å². The fraction of sp³-hybridized carbons (Fsp3) is 0.550. The van der Waals surface area contributed by atoms with Crippen LogP contribution >= 0.6 is 24.8 Å². The highest BCUT2D eigenvalue weighted by atomic mass is 35.5. The average Bonchev–Trinajstić information content (AvgIpc) is 2.99. The molecule has 1 amide bonds. The van der Waals surface area contributed by atoms with Crippen molar-refractivity contribution in [2.45, 2.75) is 62.7 Å². The van der Waals surface area contributed by atoms with Gasteiger partial charge in [0.15, 0.2) is 0 Å². The van der Waals surface area contributed by atoms with Gasteiger partial charge in [0, 0.05) is 35.2 Å². The lowest BCUT2D eigenvalue weighted by Gasteiger charge is -2.47. The number of nitrogens with one attached hydrogen (secondary N) is 2. The molecule has 0 radical (unpaired) electrons. The molecular formula is C20H30Cl2N4O. The smallest absolute Gasteiger partial charge is 0.237 e. The molecule has 3 heterocycles. The van der Waals surface area contributed by atoms with Crippen molar-refractivity contribution in [3.63, 3.8) is 0 Å². The standard InChI is InChI=1S/C20H28N4O.2ClH/c1-24-15-5-4-6-16(24)11-14(10-15)23-20(25)18(21)9-13-12-22-19-8-3-2-7-17(13)19;;/h2-3,7-8,12,14-16,18,22H,4-6,9-11,21H2,1H3,(H,23,25);2*1H/t14?,15?,16?,18-;;/m0../s1. The van der Waals surface area contributed by atoms with E-state index in [2.05, 4.69) is 28.3 Å². The van der Waals surface area contributed by atoms with Crippen molar-refractivity contribution in [1.82, 2.24) is 15.2 Å². The number of nitrogens with two attached hydrogens (primary N) is 1. The van der Waals surface area contributed by atoms with Crippen molar-refractivity contribution in [3.8, 4) is 0 Å². The van der Waals surface area contributed by atoms with Crippen LogP contribution in [0.15, 0.2) is 30.5 Å². The van der Waals surface area contributed by atoms with Gasteiger partial charge in [-0.05, 0) is 50.8 Å². The number of para-hydroxylation sites is 1. The number of halogens is 2. The van der Waals surface area contributed by atoms with Crippen LogP contribution in [0.1, 0.15) is 37.7 Å². The van der Waals surface area contributed by atoms with Crippen molar-refractivity contribution in [1.29, 1.82) is 0 Å².